The number of hydrogen-bond donors (Lipinski definition) is 2. The predicted molar refractivity (Wildman–Crippen MR) is 96.3 cm³/mol. The van der Waals surface area contributed by atoms with Crippen LogP contribution in [0.3, 0.4) is 0 Å². The lowest BCUT2D eigenvalue weighted by Gasteiger charge is -2.26. The summed E-state index contributed by atoms with van der Waals surface area (Å²) in [6.07, 6.45) is 8.59. The second-order valence-corrected chi connectivity index (χ2v) is 5.65. The standard InChI is InChI=1S/C18H21N3O4/c1-14-7-8-15(18(22)23)13-17(14)20-11-3-2-5-16(21(24)25)6-4-9-19-10-12-20/h2,4-9,13,19H,3,10-12H2,1H3,(H,22,23)/b5-2-,9-4+,16-6+. The third kappa shape index (κ3) is 5.20. The molecular formula is C18H21N3O4. The van der Waals surface area contributed by atoms with Gasteiger partial charge in [-0.2, -0.15) is 0 Å². The molecule has 2 N–H and O–H groups in total. The van der Waals surface area contributed by atoms with E-state index in [9.17, 15) is 20.0 Å². The predicted octanol–water partition coefficient (Wildman–Crippen LogP) is 2.72. The number of nitrogens with zero attached hydrogens (tertiary/aromatic N) is 2. The van der Waals surface area contributed by atoms with Crippen LogP contribution in [-0.4, -0.2) is 35.6 Å². The summed E-state index contributed by atoms with van der Waals surface area (Å²) in [7, 11) is 0. The molecule has 0 aliphatic carbocycles. The van der Waals surface area contributed by atoms with Gasteiger partial charge in [-0.1, -0.05) is 12.1 Å². The second-order valence-electron chi connectivity index (χ2n) is 5.65. The van der Waals surface area contributed by atoms with Gasteiger partial charge in [-0.3, -0.25) is 10.1 Å². The van der Waals surface area contributed by atoms with Crippen molar-refractivity contribution < 1.29 is 14.8 Å². The highest BCUT2D eigenvalue weighted by Crippen LogP contribution is 2.22. The van der Waals surface area contributed by atoms with Crippen LogP contribution in [0.1, 0.15) is 22.3 Å². The molecule has 0 amide bonds. The van der Waals surface area contributed by atoms with Crippen LogP contribution in [0.15, 0.2) is 54.4 Å². The minimum absolute atomic E-state index is 0.0224. The van der Waals surface area contributed by atoms with Crippen LogP contribution in [0.25, 0.3) is 0 Å². The first kappa shape index (κ1) is 18.3. The maximum absolute atomic E-state index is 11.2. The molecule has 7 nitrogen and oxygen atoms in total. The van der Waals surface area contributed by atoms with Crippen molar-refractivity contribution in [3.05, 3.63) is 75.6 Å². The fourth-order valence-electron chi connectivity index (χ4n) is 2.55. The van der Waals surface area contributed by atoms with Gasteiger partial charge in [0, 0.05) is 37.5 Å². The van der Waals surface area contributed by atoms with Crippen LogP contribution >= 0.6 is 0 Å². The Kier molecular flexibility index (Phi) is 6.33. The largest absolute Gasteiger partial charge is 0.478 e. The minimum Gasteiger partial charge on any atom is -0.478 e. The molecule has 1 heterocycles. The van der Waals surface area contributed by atoms with Crippen molar-refractivity contribution >= 4 is 11.7 Å². The van der Waals surface area contributed by atoms with Crippen LogP contribution in [0.4, 0.5) is 5.69 Å². The highest BCUT2D eigenvalue weighted by molar-refractivity contribution is 5.89. The number of nitrogens with one attached hydrogen (secondary N) is 1. The van der Waals surface area contributed by atoms with E-state index in [2.05, 4.69) is 10.2 Å². The molecule has 0 fully saturated rings. The van der Waals surface area contributed by atoms with Crippen molar-refractivity contribution in [1.29, 1.82) is 0 Å². The van der Waals surface area contributed by atoms with Gasteiger partial charge in [0.05, 0.1) is 10.5 Å². The fraction of sp³-hybridized carbons (Fsp3) is 0.278. The Labute approximate surface area is 146 Å². The smallest absolute Gasteiger partial charge is 0.335 e. The molecule has 0 unspecified atom stereocenters. The first-order valence-corrected chi connectivity index (χ1v) is 7.99. The number of carboxylic acid groups (broad SMARTS) is 1. The first-order valence-electron chi connectivity index (χ1n) is 7.99. The summed E-state index contributed by atoms with van der Waals surface area (Å²) in [5.41, 5.74) is 2.12. The van der Waals surface area contributed by atoms with E-state index < -0.39 is 10.9 Å². The first-order chi connectivity index (χ1) is 12.0. The molecule has 2 rings (SSSR count). The number of allylic oxidation sites excluding steroid dienone is 3. The summed E-state index contributed by atoms with van der Waals surface area (Å²) in [6.45, 7) is 3.90. The van der Waals surface area contributed by atoms with Gasteiger partial charge >= 0.3 is 5.97 Å². The van der Waals surface area contributed by atoms with E-state index in [0.29, 0.717) is 26.1 Å². The number of hydrogen-bond acceptors (Lipinski definition) is 5. The molecule has 25 heavy (non-hydrogen) atoms. The molecule has 0 spiro atoms. The van der Waals surface area contributed by atoms with Gasteiger partial charge in [-0.15, -0.1) is 0 Å². The van der Waals surface area contributed by atoms with Crippen molar-refractivity contribution in [3.8, 4) is 0 Å². The van der Waals surface area contributed by atoms with Gasteiger partial charge in [0.25, 0.3) is 5.70 Å². The Hall–Kier alpha value is -3.09. The highest BCUT2D eigenvalue weighted by Gasteiger charge is 2.12. The Balaban J connectivity index is 2.24. The van der Waals surface area contributed by atoms with Gasteiger partial charge in [-0.05, 0) is 43.3 Å². The van der Waals surface area contributed by atoms with Crippen molar-refractivity contribution in [2.75, 3.05) is 24.5 Å². The number of aryl methyl sites for hydroxylation is 1. The van der Waals surface area contributed by atoms with E-state index in [0.717, 1.165) is 11.3 Å². The zero-order valence-corrected chi connectivity index (χ0v) is 14.0. The molecule has 0 saturated carbocycles. The number of carboxylic acids is 1. The van der Waals surface area contributed by atoms with Crippen LogP contribution in [-0.2, 0) is 0 Å². The molecule has 1 aromatic carbocycles. The number of benzene rings is 1. The van der Waals surface area contributed by atoms with Crippen molar-refractivity contribution in [2.45, 2.75) is 13.3 Å². The van der Waals surface area contributed by atoms with Gasteiger partial charge in [0.2, 0.25) is 0 Å². The summed E-state index contributed by atoms with van der Waals surface area (Å²) in [6, 6.07) is 5.06. The average Bonchev–Trinajstić information content (AvgIpc) is 2.55. The molecule has 7 heteroatoms. The van der Waals surface area contributed by atoms with Gasteiger partial charge in [0.15, 0.2) is 0 Å². The van der Waals surface area contributed by atoms with Gasteiger partial charge in [0.1, 0.15) is 0 Å². The number of nitro groups is 1. The Morgan fingerprint density at radius 1 is 1.36 bits per heavy atom. The maximum atomic E-state index is 11.2. The second kappa shape index (κ2) is 8.68. The Bertz CT molecular complexity index is 738. The fourth-order valence-corrected chi connectivity index (χ4v) is 2.55. The number of rotatable bonds is 3. The molecule has 0 atom stereocenters. The molecular weight excluding hydrogens is 322 g/mol. The Morgan fingerprint density at radius 3 is 2.88 bits per heavy atom. The lowest BCUT2D eigenvalue weighted by molar-refractivity contribution is -0.419. The third-order valence-corrected chi connectivity index (χ3v) is 3.87. The van der Waals surface area contributed by atoms with E-state index >= 15 is 0 Å². The third-order valence-electron chi connectivity index (χ3n) is 3.87. The summed E-state index contributed by atoms with van der Waals surface area (Å²) in [4.78, 5) is 23.9. The van der Waals surface area contributed by atoms with Gasteiger partial charge in [-0.25, -0.2) is 4.79 Å². The van der Waals surface area contributed by atoms with Crippen LogP contribution in [0.5, 0.6) is 0 Å². The molecule has 0 saturated heterocycles. The van der Waals surface area contributed by atoms with E-state index in [1.807, 2.05) is 6.92 Å². The average molecular weight is 343 g/mol. The normalized spacial score (nSPS) is 20.2. The van der Waals surface area contributed by atoms with E-state index in [4.69, 9.17) is 0 Å². The monoisotopic (exact) mass is 343 g/mol. The molecule has 1 aromatic rings. The maximum Gasteiger partial charge on any atom is 0.335 e. The number of anilines is 1. The van der Waals surface area contributed by atoms with Gasteiger partial charge < -0.3 is 15.3 Å². The molecule has 0 radical (unpaired) electrons. The van der Waals surface area contributed by atoms with Crippen LogP contribution in [0.2, 0.25) is 0 Å². The molecule has 0 aromatic heterocycles. The number of carbonyl (C=O) groups is 1. The van der Waals surface area contributed by atoms with E-state index in [-0.39, 0.29) is 11.3 Å². The summed E-state index contributed by atoms with van der Waals surface area (Å²) in [5.74, 6) is -0.961. The zero-order valence-electron chi connectivity index (χ0n) is 14.0. The van der Waals surface area contributed by atoms with Crippen LogP contribution in [0, 0.1) is 17.0 Å². The zero-order chi connectivity index (χ0) is 18.2. The van der Waals surface area contributed by atoms with E-state index in [1.54, 1.807) is 36.6 Å². The topological polar surface area (TPSA) is 95.7 Å². The SMILES string of the molecule is Cc1ccc(C(=O)O)cc1N1CC\C=C/C([N+](=O)[O-])=C\C=C\NCC1. The summed E-state index contributed by atoms with van der Waals surface area (Å²) in [5, 5.41) is 23.3. The lowest BCUT2D eigenvalue weighted by atomic mass is 10.1. The van der Waals surface area contributed by atoms with Crippen LogP contribution < -0.4 is 10.2 Å². The molecule has 1 aliphatic heterocycles. The highest BCUT2D eigenvalue weighted by atomic mass is 16.6. The summed E-state index contributed by atoms with van der Waals surface area (Å²) < 4.78 is 0. The summed E-state index contributed by atoms with van der Waals surface area (Å²) >= 11 is 0. The number of aromatic carboxylic acids is 1. The van der Waals surface area contributed by atoms with Crippen molar-refractivity contribution in [3.63, 3.8) is 0 Å². The molecule has 0 bridgehead atoms. The minimum atomic E-state index is -0.961. The Morgan fingerprint density at radius 2 is 2.16 bits per heavy atom. The van der Waals surface area contributed by atoms with Crippen molar-refractivity contribution in [2.24, 2.45) is 0 Å². The lowest BCUT2D eigenvalue weighted by Crippen LogP contribution is -2.32. The molecule has 132 valence electrons. The van der Waals surface area contributed by atoms with E-state index in [1.165, 1.54) is 12.2 Å². The van der Waals surface area contributed by atoms with Crippen molar-refractivity contribution in [1.82, 2.24) is 5.32 Å². The quantitative estimate of drug-likeness (QED) is 0.647. The molecule has 1 aliphatic rings.